The molecule has 3 heterocycles. The number of piperazine rings is 1. The summed E-state index contributed by atoms with van der Waals surface area (Å²) < 4.78 is 0. The number of nitrogens with zero attached hydrogens (tertiary/aromatic N) is 5. The maximum atomic E-state index is 12.9. The predicted octanol–water partition coefficient (Wildman–Crippen LogP) is 1.90. The van der Waals surface area contributed by atoms with Crippen LogP contribution in [0.25, 0.3) is 0 Å². The Kier molecular flexibility index (Phi) is 6.24. The van der Waals surface area contributed by atoms with Gasteiger partial charge in [-0.25, -0.2) is 9.79 Å². The van der Waals surface area contributed by atoms with Gasteiger partial charge in [0.25, 0.3) is 5.91 Å². The van der Waals surface area contributed by atoms with E-state index < -0.39 is 18.2 Å². The molecule has 2 aromatic rings. The summed E-state index contributed by atoms with van der Waals surface area (Å²) in [6.45, 7) is 7.25. The second kappa shape index (κ2) is 9.46. The van der Waals surface area contributed by atoms with Crippen LogP contribution in [0.4, 0.5) is 4.79 Å². The molecule has 8 nitrogen and oxygen atoms in total. The normalized spacial score (nSPS) is 23.1. The van der Waals surface area contributed by atoms with Crippen molar-refractivity contribution in [3.05, 3.63) is 71.3 Å². The Hall–Kier alpha value is -3.39. The predicted molar refractivity (Wildman–Crippen MR) is 131 cm³/mol. The van der Waals surface area contributed by atoms with Crippen molar-refractivity contribution in [1.82, 2.24) is 24.9 Å². The highest BCUT2D eigenvalue weighted by molar-refractivity contribution is 6.03. The van der Waals surface area contributed by atoms with Crippen LogP contribution < -0.4 is 5.32 Å². The number of carbonyl (C=O) groups excluding carboxylic acids is 2. The summed E-state index contributed by atoms with van der Waals surface area (Å²) in [6.07, 6.45) is 0.538. The fraction of sp³-hybridized carbons (Fsp3) is 0.423. The molecule has 178 valence electrons. The van der Waals surface area contributed by atoms with E-state index in [2.05, 4.69) is 81.5 Å². The van der Waals surface area contributed by atoms with Gasteiger partial charge < -0.3 is 14.7 Å². The summed E-state index contributed by atoms with van der Waals surface area (Å²) in [5, 5.41) is 2.49. The lowest BCUT2D eigenvalue weighted by molar-refractivity contribution is -0.127. The minimum Gasteiger partial charge on any atom is -0.340 e. The third kappa shape index (κ3) is 4.50. The minimum absolute atomic E-state index is 0.277. The molecule has 1 N–H and O–H groups in total. The minimum atomic E-state index is -0.518. The molecule has 8 heteroatoms. The van der Waals surface area contributed by atoms with E-state index in [1.165, 1.54) is 16.0 Å². The molecule has 2 saturated heterocycles. The first kappa shape index (κ1) is 22.4. The number of carbonyl (C=O) groups is 2. The molecule has 0 spiro atoms. The topological polar surface area (TPSA) is 71.5 Å². The van der Waals surface area contributed by atoms with E-state index in [1.54, 1.807) is 7.05 Å². The van der Waals surface area contributed by atoms with Crippen molar-refractivity contribution in [3.63, 3.8) is 0 Å². The van der Waals surface area contributed by atoms with E-state index in [-0.39, 0.29) is 5.91 Å². The number of hydrogen-bond acceptors (Lipinski definition) is 6. The molecular formula is C26H32N6O2. The van der Waals surface area contributed by atoms with E-state index in [0.29, 0.717) is 6.54 Å². The lowest BCUT2D eigenvalue weighted by Crippen LogP contribution is -2.64. The molecule has 5 rings (SSSR count). The summed E-state index contributed by atoms with van der Waals surface area (Å²) in [7, 11) is 1.71. The number of aliphatic imine (C=N–C) groups is 1. The van der Waals surface area contributed by atoms with Gasteiger partial charge in [0.2, 0.25) is 0 Å². The maximum Gasteiger partial charge on any atom is 0.325 e. The molecule has 3 aliphatic heterocycles. The second-order valence-electron chi connectivity index (χ2n) is 9.37. The molecular weight excluding hydrogens is 428 g/mol. The van der Waals surface area contributed by atoms with E-state index in [0.717, 1.165) is 50.7 Å². The van der Waals surface area contributed by atoms with Crippen molar-refractivity contribution in [2.24, 2.45) is 4.99 Å². The van der Waals surface area contributed by atoms with Gasteiger partial charge in [-0.15, -0.1) is 0 Å². The number of benzene rings is 2. The van der Waals surface area contributed by atoms with Crippen molar-refractivity contribution >= 4 is 17.9 Å². The summed E-state index contributed by atoms with van der Waals surface area (Å²) in [6, 6.07) is 18.0. The summed E-state index contributed by atoms with van der Waals surface area (Å²) >= 11 is 0. The van der Waals surface area contributed by atoms with Crippen LogP contribution >= 0.6 is 0 Å². The average Bonchev–Trinajstić information content (AvgIpc) is 3.23. The number of hydrogen-bond donors (Lipinski definition) is 1. The number of amides is 3. The Bertz CT molecular complexity index is 1060. The van der Waals surface area contributed by atoms with Crippen molar-refractivity contribution in [2.45, 2.75) is 32.1 Å². The molecule has 0 radical (unpaired) electrons. The number of nitrogens with one attached hydrogen (secondary N) is 1. The van der Waals surface area contributed by atoms with Gasteiger partial charge in [0.1, 0.15) is 0 Å². The zero-order valence-electron chi connectivity index (χ0n) is 19.9. The molecule has 2 aromatic carbocycles. The van der Waals surface area contributed by atoms with E-state index in [4.69, 9.17) is 4.99 Å². The zero-order chi connectivity index (χ0) is 23.7. The van der Waals surface area contributed by atoms with Crippen molar-refractivity contribution < 1.29 is 9.59 Å². The summed E-state index contributed by atoms with van der Waals surface area (Å²) in [4.78, 5) is 38.4. The molecule has 0 aromatic heterocycles. The third-order valence-electron chi connectivity index (χ3n) is 7.03. The van der Waals surface area contributed by atoms with Gasteiger partial charge in [0.15, 0.2) is 18.2 Å². The van der Waals surface area contributed by atoms with Crippen LogP contribution in [0, 0.1) is 6.92 Å². The number of fused-ring (bicyclic) bond motifs is 1. The first-order valence-electron chi connectivity index (χ1n) is 12.0. The zero-order valence-corrected chi connectivity index (χ0v) is 19.9. The van der Waals surface area contributed by atoms with Gasteiger partial charge in [-0.2, -0.15) is 0 Å². The molecule has 3 aliphatic rings. The smallest absolute Gasteiger partial charge is 0.325 e. The number of aryl methyl sites for hydroxylation is 1. The summed E-state index contributed by atoms with van der Waals surface area (Å²) in [5.74, 6) is 0.537. The van der Waals surface area contributed by atoms with E-state index in [9.17, 15) is 9.59 Å². The van der Waals surface area contributed by atoms with Crippen molar-refractivity contribution in [1.29, 1.82) is 0 Å². The Morgan fingerprint density at radius 2 is 1.65 bits per heavy atom. The second-order valence-corrected chi connectivity index (χ2v) is 9.37. The number of rotatable bonds is 5. The average molecular weight is 461 g/mol. The van der Waals surface area contributed by atoms with Crippen LogP contribution in [0.3, 0.4) is 0 Å². The number of guanidine groups is 1. The monoisotopic (exact) mass is 460 g/mol. The number of imide groups is 1. The van der Waals surface area contributed by atoms with Crippen LogP contribution in [-0.2, 0) is 17.8 Å². The van der Waals surface area contributed by atoms with Crippen LogP contribution in [0.1, 0.15) is 16.7 Å². The van der Waals surface area contributed by atoms with E-state index in [1.807, 2.05) is 0 Å². The first-order chi connectivity index (χ1) is 16.5. The Morgan fingerprint density at radius 1 is 0.941 bits per heavy atom. The van der Waals surface area contributed by atoms with Gasteiger partial charge in [-0.3, -0.25) is 15.0 Å². The van der Waals surface area contributed by atoms with Crippen LogP contribution in [0.15, 0.2) is 59.6 Å². The lowest BCUT2D eigenvalue weighted by Gasteiger charge is -2.40. The highest BCUT2D eigenvalue weighted by Crippen LogP contribution is 2.28. The van der Waals surface area contributed by atoms with Crippen molar-refractivity contribution in [2.75, 3.05) is 39.8 Å². The maximum absolute atomic E-state index is 12.9. The quantitative estimate of drug-likeness (QED) is 0.738. The van der Waals surface area contributed by atoms with Crippen LogP contribution in [0.5, 0.6) is 0 Å². The van der Waals surface area contributed by atoms with E-state index >= 15 is 0 Å². The third-order valence-corrected chi connectivity index (χ3v) is 7.03. The molecule has 34 heavy (non-hydrogen) atoms. The highest BCUT2D eigenvalue weighted by Gasteiger charge is 2.49. The Balaban J connectivity index is 1.30. The van der Waals surface area contributed by atoms with Crippen molar-refractivity contribution in [3.8, 4) is 0 Å². The van der Waals surface area contributed by atoms with Gasteiger partial charge in [-0.05, 0) is 24.5 Å². The molecule has 2 unspecified atom stereocenters. The molecule has 0 aliphatic carbocycles. The number of urea groups is 1. The Morgan fingerprint density at radius 3 is 2.35 bits per heavy atom. The lowest BCUT2D eigenvalue weighted by atomic mass is 10.1. The van der Waals surface area contributed by atoms with Crippen LogP contribution in [0.2, 0.25) is 0 Å². The fourth-order valence-electron chi connectivity index (χ4n) is 4.94. The molecule has 3 amide bonds. The van der Waals surface area contributed by atoms with Gasteiger partial charge >= 0.3 is 6.03 Å². The van der Waals surface area contributed by atoms with Gasteiger partial charge in [0.05, 0.1) is 0 Å². The molecule has 2 atom stereocenters. The highest BCUT2D eigenvalue weighted by atomic mass is 16.2. The SMILES string of the molecule is Cc1ccc(CN2C(N3CCN(CCc4ccccc4)CC3)=NC3C2C(=O)NC(=O)N3C)cc1. The van der Waals surface area contributed by atoms with Gasteiger partial charge in [0, 0.05) is 46.3 Å². The standard InChI is InChI=1S/C26H32N6O2/c1-19-8-10-21(11-9-19)18-32-22-23(29(2)26(34)28-24(22)33)27-25(32)31-16-14-30(15-17-31)13-12-20-6-4-3-5-7-20/h3-11,22-23H,12-18H2,1-2H3,(H,28,33,34). The fourth-order valence-corrected chi connectivity index (χ4v) is 4.94. The largest absolute Gasteiger partial charge is 0.340 e. The van der Waals surface area contributed by atoms with Gasteiger partial charge in [-0.1, -0.05) is 60.2 Å². The van der Waals surface area contributed by atoms with Crippen LogP contribution in [-0.4, -0.2) is 89.5 Å². The number of likely N-dealkylation sites (N-methyl/N-ethyl adjacent to an activating group) is 1. The molecule has 0 bridgehead atoms. The molecule has 0 saturated carbocycles. The Labute approximate surface area is 200 Å². The summed E-state index contributed by atoms with van der Waals surface area (Å²) in [5.41, 5.74) is 3.68. The molecule has 2 fully saturated rings. The first-order valence-corrected chi connectivity index (χ1v) is 12.0.